The molecular weight excluding hydrogens is 278 g/mol. The molecule has 2 heterocycles. The lowest BCUT2D eigenvalue weighted by Gasteiger charge is -2.08. The van der Waals surface area contributed by atoms with Crippen LogP contribution >= 0.6 is 22.9 Å². The van der Waals surface area contributed by atoms with Crippen LogP contribution in [0.5, 0.6) is 0 Å². The molecule has 2 aromatic heterocycles. The molecule has 0 amide bonds. The number of hydrogen-bond donors (Lipinski definition) is 1. The smallest absolute Gasteiger partial charge is 0.113 e. The number of thiazole rings is 1. The number of nitrogens with one attached hydrogen (secondary N) is 1. The van der Waals surface area contributed by atoms with E-state index in [0.717, 1.165) is 27.3 Å². The summed E-state index contributed by atoms with van der Waals surface area (Å²) >= 11 is 7.36. The van der Waals surface area contributed by atoms with Crippen molar-refractivity contribution in [2.75, 3.05) is 5.32 Å². The van der Waals surface area contributed by atoms with Crippen LogP contribution in [-0.2, 0) is 6.54 Å². The molecule has 0 radical (unpaired) electrons. The molecule has 19 heavy (non-hydrogen) atoms. The first-order valence-corrected chi connectivity index (χ1v) is 7.12. The molecule has 0 aliphatic rings. The molecule has 5 heteroatoms. The van der Waals surface area contributed by atoms with Gasteiger partial charge in [-0.1, -0.05) is 29.8 Å². The second kappa shape index (κ2) is 5.15. The van der Waals surface area contributed by atoms with Crippen molar-refractivity contribution in [2.24, 2.45) is 0 Å². The lowest BCUT2D eigenvalue weighted by Crippen LogP contribution is -2.00. The van der Waals surface area contributed by atoms with E-state index in [1.165, 1.54) is 11.3 Å². The van der Waals surface area contributed by atoms with E-state index in [2.05, 4.69) is 27.4 Å². The second-order valence-corrected chi connectivity index (χ2v) is 5.99. The summed E-state index contributed by atoms with van der Waals surface area (Å²) in [6.45, 7) is 2.66. The number of hydrogen-bond acceptors (Lipinski definition) is 4. The Bertz CT molecular complexity index is 724. The zero-order chi connectivity index (χ0) is 13.2. The Morgan fingerprint density at radius 2 is 2.16 bits per heavy atom. The summed E-state index contributed by atoms with van der Waals surface area (Å²) in [5, 5.41) is 5.47. The maximum atomic E-state index is 5.87. The van der Waals surface area contributed by atoms with Crippen LogP contribution in [-0.4, -0.2) is 9.97 Å². The van der Waals surface area contributed by atoms with E-state index in [-0.39, 0.29) is 0 Å². The fourth-order valence-corrected chi connectivity index (χ4v) is 2.82. The van der Waals surface area contributed by atoms with Gasteiger partial charge in [0, 0.05) is 11.1 Å². The highest BCUT2D eigenvalue weighted by molar-refractivity contribution is 7.15. The van der Waals surface area contributed by atoms with Crippen molar-refractivity contribution in [3.8, 4) is 0 Å². The third kappa shape index (κ3) is 2.69. The first-order chi connectivity index (χ1) is 9.22. The van der Waals surface area contributed by atoms with Crippen molar-refractivity contribution in [3.63, 3.8) is 0 Å². The summed E-state index contributed by atoms with van der Waals surface area (Å²) in [5.74, 6) is 0. The number of pyridine rings is 1. The Balaban J connectivity index is 1.90. The van der Waals surface area contributed by atoms with Gasteiger partial charge in [0.05, 0.1) is 23.9 Å². The second-order valence-electron chi connectivity index (χ2n) is 4.24. The van der Waals surface area contributed by atoms with Gasteiger partial charge in [-0.3, -0.25) is 4.98 Å². The van der Waals surface area contributed by atoms with E-state index in [1.54, 1.807) is 6.20 Å². The molecule has 3 nitrogen and oxygen atoms in total. The summed E-state index contributed by atoms with van der Waals surface area (Å²) in [5.41, 5.74) is 3.02. The highest BCUT2D eigenvalue weighted by atomic mass is 35.5. The molecule has 0 fully saturated rings. The molecule has 0 unspecified atom stereocenters. The van der Waals surface area contributed by atoms with Crippen LogP contribution in [0.4, 0.5) is 5.69 Å². The van der Waals surface area contributed by atoms with E-state index in [1.807, 2.05) is 25.1 Å². The van der Waals surface area contributed by atoms with Gasteiger partial charge in [0.1, 0.15) is 9.34 Å². The summed E-state index contributed by atoms with van der Waals surface area (Å²) < 4.78 is 0.712. The maximum Gasteiger partial charge on any atom is 0.113 e. The molecule has 0 spiro atoms. The summed E-state index contributed by atoms with van der Waals surface area (Å²) in [6.07, 6.45) is 1.68. The Hall–Kier alpha value is -1.65. The predicted octanol–water partition coefficient (Wildman–Crippen LogP) is 4.27. The van der Waals surface area contributed by atoms with E-state index in [4.69, 9.17) is 11.6 Å². The molecule has 0 saturated carbocycles. The molecule has 0 atom stereocenters. The molecule has 1 N–H and O–H groups in total. The first-order valence-electron chi connectivity index (χ1n) is 5.93. The molecule has 1 aromatic carbocycles. The van der Waals surface area contributed by atoms with Crippen molar-refractivity contribution in [1.82, 2.24) is 9.97 Å². The van der Waals surface area contributed by atoms with Crippen LogP contribution in [0.3, 0.4) is 0 Å². The fourth-order valence-electron chi connectivity index (χ4n) is 1.93. The minimum Gasteiger partial charge on any atom is -0.377 e. The molecule has 3 rings (SSSR count). The molecule has 0 aliphatic heterocycles. The summed E-state index contributed by atoms with van der Waals surface area (Å²) in [6, 6.07) is 10.2. The van der Waals surface area contributed by atoms with Crippen LogP contribution in [0.2, 0.25) is 4.34 Å². The van der Waals surface area contributed by atoms with Gasteiger partial charge in [-0.2, -0.15) is 0 Å². The van der Waals surface area contributed by atoms with Gasteiger partial charge in [0.15, 0.2) is 0 Å². The molecule has 96 valence electrons. The molecular formula is C14H12ClN3S. The molecule has 0 aliphatic carbocycles. The van der Waals surface area contributed by atoms with E-state index >= 15 is 0 Å². The zero-order valence-corrected chi connectivity index (χ0v) is 11.9. The minimum absolute atomic E-state index is 0.659. The van der Waals surface area contributed by atoms with Gasteiger partial charge in [0.2, 0.25) is 0 Å². The lowest BCUT2D eigenvalue weighted by atomic mass is 10.2. The standard InChI is InChI=1S/C14H12ClN3S/c1-9-5-6-10-3-2-4-11(14(10)18-9)16-8-13-17-7-12(15)19-13/h2-7,16H,8H2,1H3. The Morgan fingerprint density at radius 1 is 1.26 bits per heavy atom. The quantitative estimate of drug-likeness (QED) is 0.782. The van der Waals surface area contributed by atoms with Crippen LogP contribution in [0.15, 0.2) is 36.5 Å². The van der Waals surface area contributed by atoms with Crippen molar-refractivity contribution in [1.29, 1.82) is 0 Å². The average Bonchev–Trinajstić information content (AvgIpc) is 2.82. The van der Waals surface area contributed by atoms with Crippen molar-refractivity contribution in [2.45, 2.75) is 13.5 Å². The number of fused-ring (bicyclic) bond motifs is 1. The van der Waals surface area contributed by atoms with Crippen LogP contribution < -0.4 is 5.32 Å². The maximum absolute atomic E-state index is 5.87. The minimum atomic E-state index is 0.659. The number of benzene rings is 1. The van der Waals surface area contributed by atoms with Gasteiger partial charge in [0.25, 0.3) is 0 Å². The number of nitrogens with zero attached hydrogens (tertiary/aromatic N) is 2. The molecule has 0 saturated heterocycles. The zero-order valence-electron chi connectivity index (χ0n) is 10.4. The largest absolute Gasteiger partial charge is 0.377 e. The summed E-state index contributed by atoms with van der Waals surface area (Å²) in [7, 11) is 0. The van der Waals surface area contributed by atoms with Gasteiger partial charge in [-0.05, 0) is 19.1 Å². The van der Waals surface area contributed by atoms with Crippen molar-refractivity contribution >= 4 is 39.5 Å². The Kier molecular flexibility index (Phi) is 3.36. The van der Waals surface area contributed by atoms with E-state index < -0.39 is 0 Å². The number of anilines is 1. The predicted molar refractivity (Wildman–Crippen MR) is 80.9 cm³/mol. The van der Waals surface area contributed by atoms with Crippen LogP contribution in [0, 0.1) is 6.92 Å². The summed E-state index contributed by atoms with van der Waals surface area (Å²) in [4.78, 5) is 8.82. The van der Waals surface area contributed by atoms with Gasteiger partial charge >= 0.3 is 0 Å². The SMILES string of the molecule is Cc1ccc2cccc(NCc3ncc(Cl)s3)c2n1. The van der Waals surface area contributed by atoms with Crippen molar-refractivity contribution < 1.29 is 0 Å². The Morgan fingerprint density at radius 3 is 2.95 bits per heavy atom. The van der Waals surface area contributed by atoms with Gasteiger partial charge < -0.3 is 5.32 Å². The number of rotatable bonds is 3. The first kappa shape index (κ1) is 12.4. The van der Waals surface area contributed by atoms with Crippen LogP contribution in [0.25, 0.3) is 10.9 Å². The highest BCUT2D eigenvalue weighted by Gasteiger charge is 2.04. The fraction of sp³-hybridized carbons (Fsp3) is 0.143. The molecule has 0 bridgehead atoms. The Labute approximate surface area is 120 Å². The molecule has 3 aromatic rings. The topological polar surface area (TPSA) is 37.8 Å². The van der Waals surface area contributed by atoms with Crippen LogP contribution in [0.1, 0.15) is 10.7 Å². The third-order valence-electron chi connectivity index (χ3n) is 2.81. The lowest BCUT2D eigenvalue weighted by molar-refractivity contribution is 1.10. The monoisotopic (exact) mass is 289 g/mol. The van der Waals surface area contributed by atoms with Gasteiger partial charge in [-0.25, -0.2) is 4.98 Å². The number of aromatic nitrogens is 2. The normalized spacial score (nSPS) is 10.8. The van der Waals surface area contributed by atoms with E-state index in [9.17, 15) is 0 Å². The number of halogens is 1. The number of para-hydroxylation sites is 1. The third-order valence-corrected chi connectivity index (χ3v) is 3.93. The van der Waals surface area contributed by atoms with Gasteiger partial charge in [-0.15, -0.1) is 11.3 Å². The number of aryl methyl sites for hydroxylation is 1. The van der Waals surface area contributed by atoms with E-state index in [0.29, 0.717) is 10.9 Å². The highest BCUT2D eigenvalue weighted by Crippen LogP contribution is 2.24. The average molecular weight is 290 g/mol. The van der Waals surface area contributed by atoms with Crippen molar-refractivity contribution in [3.05, 3.63) is 51.6 Å².